The Hall–Kier alpha value is -3.15. The van der Waals surface area contributed by atoms with Gasteiger partial charge in [-0.05, 0) is 74.9 Å². The van der Waals surface area contributed by atoms with Crippen molar-refractivity contribution in [1.82, 2.24) is 14.9 Å². The van der Waals surface area contributed by atoms with Gasteiger partial charge < -0.3 is 10.2 Å². The summed E-state index contributed by atoms with van der Waals surface area (Å²) in [7, 11) is 0. The van der Waals surface area contributed by atoms with Crippen LogP contribution in [-0.4, -0.2) is 34.6 Å². The number of carbonyl (C=O) groups excluding carboxylic acids is 1. The summed E-state index contributed by atoms with van der Waals surface area (Å²) >= 11 is 0. The van der Waals surface area contributed by atoms with Crippen molar-refractivity contribution in [3.05, 3.63) is 64.2 Å². The maximum Gasteiger partial charge on any atom is 0.265 e. The third-order valence-corrected chi connectivity index (χ3v) is 6.11. The molecule has 0 spiro atoms. The number of fused-ring (bicyclic) bond motifs is 1. The topological polar surface area (TPSA) is 67.2 Å². The fourth-order valence-electron chi connectivity index (χ4n) is 4.14. The summed E-state index contributed by atoms with van der Waals surface area (Å²) in [6.45, 7) is 3.99. The number of nitrogens with one attached hydrogen (secondary N) is 1. The van der Waals surface area contributed by atoms with Crippen LogP contribution in [0.15, 0.2) is 47.5 Å². The van der Waals surface area contributed by atoms with Gasteiger partial charge in [0.2, 0.25) is 0 Å². The van der Waals surface area contributed by atoms with Crippen molar-refractivity contribution in [2.24, 2.45) is 0 Å². The number of nitrogens with zero attached hydrogens (tertiary/aromatic N) is 3. The Balaban J connectivity index is 1.56. The van der Waals surface area contributed by atoms with Crippen LogP contribution in [0.2, 0.25) is 0 Å². The molecule has 2 aliphatic rings. The molecule has 2 heterocycles. The number of aromatic nitrogens is 2. The number of rotatable bonds is 4. The van der Waals surface area contributed by atoms with Crippen molar-refractivity contribution in [2.75, 3.05) is 18.0 Å². The molecule has 1 saturated carbocycles. The van der Waals surface area contributed by atoms with E-state index in [4.69, 9.17) is 0 Å². The second-order valence-corrected chi connectivity index (χ2v) is 8.42. The number of aryl methyl sites for hydroxylation is 1. The van der Waals surface area contributed by atoms with Gasteiger partial charge in [-0.25, -0.2) is 4.98 Å². The standard InChI is InChI=1S/C24H26N4O2/c1-16-5-6-17(23(29)26-18-7-8-18)13-22(16)28-15-25-21-10-9-19(14-20(21)24(28)30)27-11-3-2-4-12-27/h5-6,9-10,13-15,18H,2-4,7-8,11-12H2,1H3,(H,26,29). The lowest BCUT2D eigenvalue weighted by molar-refractivity contribution is 0.0951. The summed E-state index contributed by atoms with van der Waals surface area (Å²) in [5.74, 6) is -0.0899. The van der Waals surface area contributed by atoms with Crippen LogP contribution in [0.25, 0.3) is 16.6 Å². The maximum atomic E-state index is 13.4. The molecule has 30 heavy (non-hydrogen) atoms. The smallest absolute Gasteiger partial charge is 0.265 e. The van der Waals surface area contributed by atoms with Crippen molar-refractivity contribution >= 4 is 22.5 Å². The van der Waals surface area contributed by atoms with E-state index in [1.807, 2.05) is 31.2 Å². The number of hydrogen-bond donors (Lipinski definition) is 1. The Morgan fingerprint density at radius 1 is 1.07 bits per heavy atom. The molecular weight excluding hydrogens is 376 g/mol. The Labute approximate surface area is 175 Å². The van der Waals surface area contributed by atoms with Gasteiger partial charge in [-0.2, -0.15) is 0 Å². The molecule has 6 heteroatoms. The highest BCUT2D eigenvalue weighted by Crippen LogP contribution is 2.24. The monoisotopic (exact) mass is 402 g/mol. The molecule has 0 radical (unpaired) electrons. The molecule has 1 aliphatic heterocycles. The zero-order valence-electron chi connectivity index (χ0n) is 17.2. The first-order valence-electron chi connectivity index (χ1n) is 10.8. The number of piperidine rings is 1. The van der Waals surface area contributed by atoms with Gasteiger partial charge in [0.25, 0.3) is 11.5 Å². The van der Waals surface area contributed by atoms with E-state index in [9.17, 15) is 9.59 Å². The largest absolute Gasteiger partial charge is 0.372 e. The Morgan fingerprint density at radius 2 is 1.87 bits per heavy atom. The second kappa shape index (κ2) is 7.59. The van der Waals surface area contributed by atoms with Gasteiger partial charge in [-0.15, -0.1) is 0 Å². The van der Waals surface area contributed by atoms with Gasteiger partial charge in [0.1, 0.15) is 6.33 Å². The van der Waals surface area contributed by atoms with Crippen molar-refractivity contribution in [2.45, 2.75) is 45.1 Å². The lowest BCUT2D eigenvalue weighted by atomic mass is 10.1. The number of anilines is 1. The summed E-state index contributed by atoms with van der Waals surface area (Å²) in [5.41, 5.74) is 3.85. The summed E-state index contributed by atoms with van der Waals surface area (Å²) in [6, 6.07) is 11.7. The van der Waals surface area contributed by atoms with Gasteiger partial charge in [-0.1, -0.05) is 6.07 Å². The highest BCUT2D eigenvalue weighted by Gasteiger charge is 2.24. The van der Waals surface area contributed by atoms with Crippen molar-refractivity contribution in [1.29, 1.82) is 0 Å². The van der Waals surface area contributed by atoms with Crippen molar-refractivity contribution in [3.63, 3.8) is 0 Å². The summed E-state index contributed by atoms with van der Waals surface area (Å²) in [5, 5.41) is 3.61. The fraction of sp³-hybridized carbons (Fsp3) is 0.375. The van der Waals surface area contributed by atoms with Crippen LogP contribution in [0.5, 0.6) is 0 Å². The van der Waals surface area contributed by atoms with E-state index in [0.29, 0.717) is 28.2 Å². The molecule has 0 unspecified atom stereocenters. The molecule has 2 aromatic carbocycles. The Bertz CT molecular complexity index is 1170. The second-order valence-electron chi connectivity index (χ2n) is 8.42. The number of carbonyl (C=O) groups is 1. The minimum Gasteiger partial charge on any atom is -0.372 e. The Kier molecular flexibility index (Phi) is 4.77. The predicted molar refractivity (Wildman–Crippen MR) is 119 cm³/mol. The van der Waals surface area contributed by atoms with Gasteiger partial charge in [0.15, 0.2) is 0 Å². The molecule has 6 nitrogen and oxygen atoms in total. The average Bonchev–Trinajstić information content (AvgIpc) is 3.59. The molecule has 5 rings (SSSR count). The lowest BCUT2D eigenvalue weighted by Crippen LogP contribution is -2.29. The molecular formula is C24H26N4O2. The Morgan fingerprint density at radius 3 is 2.63 bits per heavy atom. The zero-order valence-corrected chi connectivity index (χ0v) is 17.2. The quantitative estimate of drug-likeness (QED) is 0.724. The molecule has 0 atom stereocenters. The molecule has 1 aliphatic carbocycles. The number of hydrogen-bond acceptors (Lipinski definition) is 4. The van der Waals surface area contributed by atoms with Crippen LogP contribution in [0, 0.1) is 6.92 Å². The average molecular weight is 402 g/mol. The SMILES string of the molecule is Cc1ccc(C(=O)NC2CC2)cc1-n1cnc2ccc(N3CCCCC3)cc2c1=O. The molecule has 1 amide bonds. The van der Waals surface area contributed by atoms with Crippen LogP contribution in [0.3, 0.4) is 0 Å². The first-order valence-corrected chi connectivity index (χ1v) is 10.8. The van der Waals surface area contributed by atoms with E-state index in [1.165, 1.54) is 19.3 Å². The van der Waals surface area contributed by atoms with Gasteiger partial charge in [0.05, 0.1) is 16.6 Å². The van der Waals surface area contributed by atoms with E-state index < -0.39 is 0 Å². The molecule has 154 valence electrons. The van der Waals surface area contributed by atoms with Crippen molar-refractivity contribution < 1.29 is 4.79 Å². The third kappa shape index (κ3) is 3.58. The van der Waals surface area contributed by atoms with E-state index in [1.54, 1.807) is 17.0 Å². The number of benzene rings is 2. The normalized spacial score (nSPS) is 16.6. The molecule has 0 bridgehead atoms. The minimum absolute atomic E-state index is 0.0899. The van der Waals surface area contributed by atoms with Crippen LogP contribution >= 0.6 is 0 Å². The maximum absolute atomic E-state index is 13.4. The van der Waals surface area contributed by atoms with Crippen LogP contribution < -0.4 is 15.8 Å². The van der Waals surface area contributed by atoms with Gasteiger partial charge >= 0.3 is 0 Å². The van der Waals surface area contributed by atoms with Gasteiger partial charge in [-0.3, -0.25) is 14.2 Å². The van der Waals surface area contributed by atoms with Gasteiger partial charge in [0, 0.05) is 30.4 Å². The first kappa shape index (κ1) is 18.9. The summed E-state index contributed by atoms with van der Waals surface area (Å²) in [6.07, 6.45) is 7.28. The highest BCUT2D eigenvalue weighted by atomic mass is 16.1. The predicted octanol–water partition coefficient (Wildman–Crippen LogP) is 3.58. The minimum atomic E-state index is -0.110. The highest BCUT2D eigenvalue weighted by molar-refractivity contribution is 5.95. The van der Waals surface area contributed by atoms with E-state index >= 15 is 0 Å². The molecule has 1 aromatic heterocycles. The van der Waals surface area contributed by atoms with Crippen LogP contribution in [-0.2, 0) is 0 Å². The lowest BCUT2D eigenvalue weighted by Gasteiger charge is -2.28. The fourth-order valence-corrected chi connectivity index (χ4v) is 4.14. The van der Waals surface area contributed by atoms with Crippen LogP contribution in [0.4, 0.5) is 5.69 Å². The molecule has 1 saturated heterocycles. The summed E-state index contributed by atoms with van der Waals surface area (Å²) < 4.78 is 1.56. The summed E-state index contributed by atoms with van der Waals surface area (Å²) in [4.78, 5) is 32.7. The molecule has 1 N–H and O–H groups in total. The third-order valence-electron chi connectivity index (χ3n) is 6.11. The molecule has 2 fully saturated rings. The zero-order chi connectivity index (χ0) is 20.7. The number of amides is 1. The first-order chi connectivity index (χ1) is 14.6. The van der Waals surface area contributed by atoms with E-state index in [0.717, 1.165) is 37.2 Å². The van der Waals surface area contributed by atoms with Crippen molar-refractivity contribution in [3.8, 4) is 5.69 Å². The molecule has 3 aromatic rings. The van der Waals surface area contributed by atoms with Crippen LogP contribution in [0.1, 0.15) is 48.0 Å². The van der Waals surface area contributed by atoms with E-state index in [-0.39, 0.29) is 11.5 Å². The van der Waals surface area contributed by atoms with E-state index in [2.05, 4.69) is 21.3 Å².